The van der Waals surface area contributed by atoms with Crippen LogP contribution in [0.25, 0.3) is 0 Å². The quantitative estimate of drug-likeness (QED) is 0.553. The van der Waals surface area contributed by atoms with E-state index in [9.17, 15) is 0 Å². The second kappa shape index (κ2) is 7.08. The van der Waals surface area contributed by atoms with Crippen molar-refractivity contribution in [3.8, 4) is 0 Å². The minimum atomic E-state index is 0.0424. The highest BCUT2D eigenvalue weighted by atomic mass is 16.5. The van der Waals surface area contributed by atoms with Crippen LogP contribution in [0.4, 0.5) is 0 Å². The molecular formula is C14H27NO. The number of nitrogens with one attached hydrogen (secondary N) is 1. The molecule has 1 unspecified atom stereocenters. The molecule has 0 aromatic heterocycles. The number of ether oxygens (including phenoxy) is 1. The molecule has 94 valence electrons. The van der Waals surface area contributed by atoms with Gasteiger partial charge in [-0.2, -0.15) is 0 Å². The van der Waals surface area contributed by atoms with Gasteiger partial charge in [-0.15, -0.1) is 6.58 Å². The van der Waals surface area contributed by atoms with Crippen molar-refractivity contribution in [2.75, 3.05) is 13.7 Å². The lowest BCUT2D eigenvalue weighted by Crippen LogP contribution is -2.51. The highest BCUT2D eigenvalue weighted by molar-refractivity contribution is 4.97. The number of hydrogen-bond donors (Lipinski definition) is 1. The largest absolute Gasteiger partial charge is 0.377 e. The molecule has 1 fully saturated rings. The van der Waals surface area contributed by atoms with E-state index in [0.717, 1.165) is 13.0 Å². The highest BCUT2D eigenvalue weighted by Crippen LogP contribution is 2.34. The first-order valence-corrected chi connectivity index (χ1v) is 6.68. The van der Waals surface area contributed by atoms with Crippen molar-refractivity contribution in [3.63, 3.8) is 0 Å². The first-order valence-electron chi connectivity index (χ1n) is 6.68. The second-order valence-electron chi connectivity index (χ2n) is 4.82. The zero-order chi connectivity index (χ0) is 11.9. The van der Waals surface area contributed by atoms with E-state index in [1.165, 1.54) is 38.5 Å². The minimum absolute atomic E-state index is 0.0424. The lowest BCUT2D eigenvalue weighted by Gasteiger charge is -2.39. The van der Waals surface area contributed by atoms with Crippen LogP contribution >= 0.6 is 0 Å². The maximum atomic E-state index is 5.92. The second-order valence-corrected chi connectivity index (χ2v) is 4.82. The Morgan fingerprint density at radius 1 is 1.31 bits per heavy atom. The molecule has 0 aromatic carbocycles. The first-order chi connectivity index (χ1) is 7.79. The lowest BCUT2D eigenvalue weighted by atomic mass is 9.84. The summed E-state index contributed by atoms with van der Waals surface area (Å²) in [6.45, 7) is 7.04. The molecule has 1 atom stereocenters. The van der Waals surface area contributed by atoms with Crippen molar-refractivity contribution in [1.82, 2.24) is 5.32 Å². The predicted molar refractivity (Wildman–Crippen MR) is 69.7 cm³/mol. The molecule has 16 heavy (non-hydrogen) atoms. The molecule has 0 aliphatic heterocycles. The molecule has 1 aliphatic rings. The van der Waals surface area contributed by atoms with Gasteiger partial charge in [-0.3, -0.25) is 0 Å². The molecule has 0 radical (unpaired) electrons. The van der Waals surface area contributed by atoms with Gasteiger partial charge in [-0.1, -0.05) is 38.7 Å². The normalized spacial score (nSPS) is 22.4. The van der Waals surface area contributed by atoms with Crippen molar-refractivity contribution in [3.05, 3.63) is 12.7 Å². The average molecular weight is 225 g/mol. The summed E-state index contributed by atoms with van der Waals surface area (Å²) in [4.78, 5) is 0. The molecule has 0 aromatic rings. The topological polar surface area (TPSA) is 21.3 Å². The van der Waals surface area contributed by atoms with Gasteiger partial charge in [-0.05, 0) is 25.8 Å². The molecule has 0 bridgehead atoms. The summed E-state index contributed by atoms with van der Waals surface area (Å²) in [6.07, 6.45) is 10.7. The van der Waals surface area contributed by atoms with E-state index in [1.54, 1.807) is 0 Å². The molecule has 2 nitrogen and oxygen atoms in total. The third-order valence-corrected chi connectivity index (χ3v) is 3.84. The standard InChI is InChI=1S/C14H27NO/c1-4-10-13(15-5-2)14(16-3)11-8-6-7-9-12-14/h4,13,15H,1,5-12H2,2-3H3. The van der Waals surface area contributed by atoms with Crippen LogP contribution in [-0.4, -0.2) is 25.3 Å². The van der Waals surface area contributed by atoms with Crippen molar-refractivity contribution >= 4 is 0 Å². The van der Waals surface area contributed by atoms with Gasteiger partial charge in [0.2, 0.25) is 0 Å². The fraction of sp³-hybridized carbons (Fsp3) is 0.857. The molecule has 0 heterocycles. The lowest BCUT2D eigenvalue weighted by molar-refractivity contribution is -0.0516. The molecule has 1 N–H and O–H groups in total. The van der Waals surface area contributed by atoms with E-state index in [-0.39, 0.29) is 5.60 Å². The van der Waals surface area contributed by atoms with Crippen molar-refractivity contribution in [1.29, 1.82) is 0 Å². The Morgan fingerprint density at radius 2 is 1.94 bits per heavy atom. The zero-order valence-electron chi connectivity index (χ0n) is 10.9. The highest BCUT2D eigenvalue weighted by Gasteiger charge is 2.37. The van der Waals surface area contributed by atoms with Gasteiger partial charge in [0.1, 0.15) is 0 Å². The average Bonchev–Trinajstić information content (AvgIpc) is 2.55. The van der Waals surface area contributed by atoms with E-state index < -0.39 is 0 Å². The first kappa shape index (κ1) is 13.7. The molecule has 0 saturated heterocycles. The third kappa shape index (κ3) is 3.33. The number of methoxy groups -OCH3 is 1. The summed E-state index contributed by atoms with van der Waals surface area (Å²) < 4.78 is 5.92. The number of rotatable bonds is 6. The molecule has 0 amide bonds. The van der Waals surface area contributed by atoms with E-state index in [4.69, 9.17) is 4.74 Å². The number of likely N-dealkylation sites (N-methyl/N-ethyl adjacent to an activating group) is 1. The van der Waals surface area contributed by atoms with Crippen LogP contribution < -0.4 is 5.32 Å². The summed E-state index contributed by atoms with van der Waals surface area (Å²) in [7, 11) is 1.87. The summed E-state index contributed by atoms with van der Waals surface area (Å²) >= 11 is 0. The summed E-state index contributed by atoms with van der Waals surface area (Å²) in [5.41, 5.74) is 0.0424. The van der Waals surface area contributed by atoms with E-state index >= 15 is 0 Å². The van der Waals surface area contributed by atoms with Gasteiger partial charge < -0.3 is 10.1 Å². The maximum absolute atomic E-state index is 5.92. The van der Waals surface area contributed by atoms with Crippen LogP contribution in [0, 0.1) is 0 Å². The zero-order valence-corrected chi connectivity index (χ0v) is 10.9. The van der Waals surface area contributed by atoms with Crippen LogP contribution in [0.5, 0.6) is 0 Å². The van der Waals surface area contributed by atoms with Gasteiger partial charge >= 0.3 is 0 Å². The van der Waals surface area contributed by atoms with Crippen molar-refractivity contribution in [2.45, 2.75) is 63.5 Å². The van der Waals surface area contributed by atoms with Crippen LogP contribution in [0.2, 0.25) is 0 Å². The Bertz CT molecular complexity index is 195. The van der Waals surface area contributed by atoms with Crippen LogP contribution in [0.15, 0.2) is 12.7 Å². The van der Waals surface area contributed by atoms with Crippen LogP contribution in [0.1, 0.15) is 51.9 Å². The Balaban J connectivity index is 2.74. The number of hydrogen-bond acceptors (Lipinski definition) is 2. The SMILES string of the molecule is C=CCC(NCC)C1(OC)CCCCCC1. The van der Waals surface area contributed by atoms with Crippen molar-refractivity contribution in [2.24, 2.45) is 0 Å². The monoisotopic (exact) mass is 225 g/mol. The maximum Gasteiger partial charge on any atom is 0.0834 e. The van der Waals surface area contributed by atoms with E-state index in [1.807, 2.05) is 13.2 Å². The fourth-order valence-corrected chi connectivity index (χ4v) is 2.92. The van der Waals surface area contributed by atoms with Gasteiger partial charge in [0.15, 0.2) is 0 Å². The predicted octanol–water partition coefficient (Wildman–Crippen LogP) is 3.28. The van der Waals surface area contributed by atoms with E-state index in [2.05, 4.69) is 18.8 Å². The Hall–Kier alpha value is -0.340. The van der Waals surface area contributed by atoms with E-state index in [0.29, 0.717) is 6.04 Å². The van der Waals surface area contributed by atoms with Gasteiger partial charge in [0.05, 0.1) is 5.60 Å². The fourth-order valence-electron chi connectivity index (χ4n) is 2.92. The molecular weight excluding hydrogens is 198 g/mol. The Morgan fingerprint density at radius 3 is 2.38 bits per heavy atom. The molecule has 0 spiro atoms. The Kier molecular flexibility index (Phi) is 6.07. The van der Waals surface area contributed by atoms with Crippen LogP contribution in [0.3, 0.4) is 0 Å². The van der Waals surface area contributed by atoms with Gasteiger partial charge in [0.25, 0.3) is 0 Å². The van der Waals surface area contributed by atoms with Gasteiger partial charge in [-0.25, -0.2) is 0 Å². The van der Waals surface area contributed by atoms with Crippen LogP contribution in [-0.2, 0) is 4.74 Å². The smallest absolute Gasteiger partial charge is 0.0834 e. The minimum Gasteiger partial charge on any atom is -0.377 e. The molecule has 1 saturated carbocycles. The molecule has 2 heteroatoms. The summed E-state index contributed by atoms with van der Waals surface area (Å²) in [5.74, 6) is 0. The molecule has 1 rings (SSSR count). The van der Waals surface area contributed by atoms with Gasteiger partial charge in [0, 0.05) is 13.2 Å². The third-order valence-electron chi connectivity index (χ3n) is 3.84. The summed E-state index contributed by atoms with van der Waals surface area (Å²) in [6, 6.07) is 0.429. The molecule has 1 aliphatic carbocycles. The Labute approximate surface area is 100 Å². The summed E-state index contributed by atoms with van der Waals surface area (Å²) in [5, 5.41) is 3.58. The van der Waals surface area contributed by atoms with Crippen molar-refractivity contribution < 1.29 is 4.74 Å².